The predicted octanol–water partition coefficient (Wildman–Crippen LogP) is 2.68. The van der Waals surface area contributed by atoms with Crippen LogP contribution in [-0.2, 0) is 11.3 Å². The lowest BCUT2D eigenvalue weighted by atomic mass is 9.89. The van der Waals surface area contributed by atoms with Crippen molar-refractivity contribution in [1.29, 1.82) is 0 Å². The molecule has 0 aliphatic carbocycles. The number of carboxylic acids is 1. The van der Waals surface area contributed by atoms with E-state index >= 15 is 0 Å². The number of nitrogen functional groups attached to an aromatic ring is 1. The van der Waals surface area contributed by atoms with Crippen molar-refractivity contribution in [2.45, 2.75) is 19.5 Å². The molecule has 0 radical (unpaired) electrons. The van der Waals surface area contributed by atoms with Crippen LogP contribution in [0.5, 0.6) is 0 Å². The molecule has 1 unspecified atom stereocenters. The molecule has 2 aromatic carbocycles. The highest BCUT2D eigenvalue weighted by molar-refractivity contribution is 5.91. The van der Waals surface area contributed by atoms with Crippen LogP contribution in [0.3, 0.4) is 0 Å². The van der Waals surface area contributed by atoms with Crippen molar-refractivity contribution in [1.82, 2.24) is 30.2 Å². The zero-order chi connectivity index (χ0) is 22.9. The van der Waals surface area contributed by atoms with E-state index in [1.807, 2.05) is 59.5 Å². The summed E-state index contributed by atoms with van der Waals surface area (Å²) in [4.78, 5) is 22.6. The lowest BCUT2D eigenvalue weighted by molar-refractivity contribution is -0.133. The molecule has 0 spiro atoms. The third-order valence-electron chi connectivity index (χ3n) is 5.68. The van der Waals surface area contributed by atoms with Crippen LogP contribution < -0.4 is 10.6 Å². The van der Waals surface area contributed by atoms with E-state index in [2.05, 4.69) is 25.5 Å². The second-order valence-corrected chi connectivity index (χ2v) is 7.62. The number of anilines is 2. The van der Waals surface area contributed by atoms with Gasteiger partial charge in [-0.05, 0) is 34.0 Å². The maximum Gasteiger partial charge on any atom is 0.335 e. The van der Waals surface area contributed by atoms with Gasteiger partial charge in [-0.1, -0.05) is 59.7 Å². The number of tetrazole rings is 1. The summed E-state index contributed by atoms with van der Waals surface area (Å²) < 4.78 is 1.55. The molecular formula is C23H20N8O2. The molecule has 0 fully saturated rings. The minimum absolute atomic E-state index is 0.162. The average Bonchev–Trinajstić information content (AvgIpc) is 3.31. The van der Waals surface area contributed by atoms with Crippen LogP contribution in [0.2, 0.25) is 0 Å². The number of hydrogen-bond donors (Lipinski definition) is 2. The average molecular weight is 440 g/mol. The second kappa shape index (κ2) is 8.15. The first-order valence-electron chi connectivity index (χ1n) is 10.2. The monoisotopic (exact) mass is 440 g/mol. The van der Waals surface area contributed by atoms with Gasteiger partial charge in [-0.3, -0.25) is 0 Å². The van der Waals surface area contributed by atoms with Gasteiger partial charge in [0.2, 0.25) is 5.95 Å². The van der Waals surface area contributed by atoms with E-state index in [0.717, 1.165) is 16.7 Å². The molecule has 1 aliphatic rings. The summed E-state index contributed by atoms with van der Waals surface area (Å²) in [6.45, 7) is 2.22. The van der Waals surface area contributed by atoms with Gasteiger partial charge >= 0.3 is 5.97 Å². The van der Waals surface area contributed by atoms with Crippen molar-refractivity contribution in [3.8, 4) is 11.1 Å². The molecule has 164 valence electrons. The molecule has 10 heteroatoms. The van der Waals surface area contributed by atoms with Crippen molar-refractivity contribution in [3.63, 3.8) is 0 Å². The summed E-state index contributed by atoms with van der Waals surface area (Å²) in [7, 11) is 0. The number of fused-ring (bicyclic) bond motifs is 1. The Bertz CT molecular complexity index is 1350. The van der Waals surface area contributed by atoms with Crippen molar-refractivity contribution in [2.24, 2.45) is 0 Å². The van der Waals surface area contributed by atoms with Crippen LogP contribution in [0.25, 0.3) is 11.1 Å². The Balaban J connectivity index is 1.68. The van der Waals surface area contributed by atoms with Crippen LogP contribution in [0.4, 0.5) is 11.9 Å². The Kier molecular flexibility index (Phi) is 5.02. The number of carbonyl (C=O) groups is 1. The van der Waals surface area contributed by atoms with Gasteiger partial charge in [0.15, 0.2) is 0 Å². The zero-order valence-electron chi connectivity index (χ0n) is 17.7. The van der Waals surface area contributed by atoms with Crippen LogP contribution in [0.15, 0.2) is 78.3 Å². The van der Waals surface area contributed by atoms with E-state index in [4.69, 9.17) is 5.73 Å². The summed E-state index contributed by atoms with van der Waals surface area (Å²) in [5.41, 5.74) is 9.62. The number of benzene rings is 2. The van der Waals surface area contributed by atoms with Crippen LogP contribution in [0, 0.1) is 0 Å². The molecule has 3 N–H and O–H groups in total. The number of nitrogens with zero attached hydrogens (tertiary/aromatic N) is 7. The van der Waals surface area contributed by atoms with Crippen LogP contribution in [-0.4, -0.2) is 41.3 Å². The van der Waals surface area contributed by atoms with E-state index in [0.29, 0.717) is 23.8 Å². The maximum atomic E-state index is 12.6. The molecule has 10 nitrogen and oxygen atoms in total. The minimum atomic E-state index is -1.04. The second-order valence-electron chi connectivity index (χ2n) is 7.62. The third-order valence-corrected chi connectivity index (χ3v) is 5.68. The van der Waals surface area contributed by atoms with E-state index < -0.39 is 12.0 Å². The standard InChI is InChI=1S/C23H20N8O2/c1-14-19(21(32)33)20(18-10-6-5-9-17(18)16-11-25-22(24)26-12-16)31-23(27-28-29-31)30(14)13-15-7-3-2-4-8-15/h2-12,20H,13H2,1H3,(H,32,33)(H2,24,25,26). The highest BCUT2D eigenvalue weighted by Crippen LogP contribution is 2.41. The van der Waals surface area contributed by atoms with Crippen molar-refractivity contribution in [3.05, 3.63) is 89.4 Å². The highest BCUT2D eigenvalue weighted by atomic mass is 16.4. The summed E-state index contributed by atoms with van der Waals surface area (Å²) in [6, 6.07) is 16.5. The van der Waals surface area contributed by atoms with Crippen LogP contribution in [0.1, 0.15) is 24.1 Å². The van der Waals surface area contributed by atoms with E-state index in [9.17, 15) is 9.90 Å². The normalized spacial score (nSPS) is 15.4. The largest absolute Gasteiger partial charge is 0.478 e. The molecule has 4 aromatic rings. The summed E-state index contributed by atoms with van der Waals surface area (Å²) in [5.74, 6) is -0.412. The molecule has 0 amide bonds. The summed E-state index contributed by atoms with van der Waals surface area (Å²) >= 11 is 0. The van der Waals surface area contributed by atoms with Gasteiger partial charge in [0.25, 0.3) is 5.95 Å². The molecule has 0 saturated heterocycles. The van der Waals surface area contributed by atoms with E-state index in [1.54, 1.807) is 24.0 Å². The van der Waals surface area contributed by atoms with Crippen LogP contribution >= 0.6 is 0 Å². The van der Waals surface area contributed by atoms with E-state index in [1.165, 1.54) is 0 Å². The van der Waals surface area contributed by atoms with Gasteiger partial charge < -0.3 is 15.7 Å². The summed E-state index contributed by atoms with van der Waals surface area (Å²) in [6.07, 6.45) is 3.23. The maximum absolute atomic E-state index is 12.6. The lowest BCUT2D eigenvalue weighted by Gasteiger charge is -2.34. The first-order valence-corrected chi connectivity index (χ1v) is 10.2. The Morgan fingerprint density at radius 1 is 1.06 bits per heavy atom. The zero-order valence-corrected chi connectivity index (χ0v) is 17.7. The predicted molar refractivity (Wildman–Crippen MR) is 121 cm³/mol. The summed E-state index contributed by atoms with van der Waals surface area (Å²) in [5, 5.41) is 22.6. The molecule has 33 heavy (non-hydrogen) atoms. The molecule has 0 saturated carbocycles. The SMILES string of the molecule is CC1=C(C(=O)O)C(c2ccccc2-c2cnc(N)nc2)n2nnnc2N1Cc1ccccc1. The van der Waals surface area contributed by atoms with E-state index in [-0.39, 0.29) is 11.5 Å². The Hall–Kier alpha value is -4.60. The van der Waals surface area contributed by atoms with Gasteiger partial charge in [0.05, 0.1) is 12.1 Å². The molecule has 5 rings (SSSR count). The van der Waals surface area contributed by atoms with Gasteiger partial charge in [-0.2, -0.15) is 4.68 Å². The first-order chi connectivity index (χ1) is 16.0. The Morgan fingerprint density at radius 3 is 2.48 bits per heavy atom. The number of hydrogen-bond acceptors (Lipinski definition) is 8. The molecule has 0 bridgehead atoms. The van der Waals surface area contributed by atoms with Gasteiger partial charge in [0, 0.05) is 23.7 Å². The third kappa shape index (κ3) is 3.57. The lowest BCUT2D eigenvalue weighted by Crippen LogP contribution is -2.36. The Morgan fingerprint density at radius 2 is 1.76 bits per heavy atom. The number of carboxylic acid groups (broad SMARTS) is 1. The fourth-order valence-electron chi connectivity index (χ4n) is 4.14. The van der Waals surface area contributed by atoms with Gasteiger partial charge in [0.1, 0.15) is 6.04 Å². The first kappa shape index (κ1) is 20.3. The fourth-order valence-corrected chi connectivity index (χ4v) is 4.14. The smallest absolute Gasteiger partial charge is 0.335 e. The number of rotatable bonds is 5. The van der Waals surface area contributed by atoms with Crippen molar-refractivity contribution < 1.29 is 9.90 Å². The van der Waals surface area contributed by atoms with Crippen molar-refractivity contribution >= 4 is 17.9 Å². The highest BCUT2D eigenvalue weighted by Gasteiger charge is 2.38. The Labute approximate surface area is 189 Å². The fraction of sp³-hybridized carbons (Fsp3) is 0.130. The molecule has 3 heterocycles. The van der Waals surface area contributed by atoms with Crippen molar-refractivity contribution in [2.75, 3.05) is 10.6 Å². The number of aromatic nitrogens is 6. The number of aliphatic carboxylic acids is 1. The molecule has 1 aliphatic heterocycles. The number of nitrogens with two attached hydrogens (primary N) is 1. The minimum Gasteiger partial charge on any atom is -0.478 e. The topological polar surface area (TPSA) is 136 Å². The molecule has 2 aromatic heterocycles. The van der Waals surface area contributed by atoms with Gasteiger partial charge in [-0.25, -0.2) is 14.8 Å². The van der Waals surface area contributed by atoms with Gasteiger partial charge in [-0.15, -0.1) is 0 Å². The molecule has 1 atom stereocenters. The number of allylic oxidation sites excluding steroid dienone is 1. The quantitative estimate of drug-likeness (QED) is 0.480. The molecular weight excluding hydrogens is 420 g/mol.